The topological polar surface area (TPSA) is 25.8 Å². The second-order valence-electron chi connectivity index (χ2n) is 4.50. The molecule has 0 aliphatic rings. The highest BCUT2D eigenvalue weighted by Gasteiger charge is 2.04. The molecule has 0 saturated heterocycles. The van der Waals surface area contributed by atoms with E-state index in [0.29, 0.717) is 0 Å². The van der Waals surface area contributed by atoms with Crippen molar-refractivity contribution in [3.05, 3.63) is 72.4 Å². The van der Waals surface area contributed by atoms with Crippen LogP contribution in [0.15, 0.2) is 66.9 Å². The summed E-state index contributed by atoms with van der Waals surface area (Å²) in [6.07, 6.45) is 1.81. The molecule has 3 rings (SSSR count). The summed E-state index contributed by atoms with van der Waals surface area (Å²) in [7, 11) is 0. The van der Waals surface area contributed by atoms with Crippen LogP contribution in [0.4, 0.5) is 0 Å². The van der Waals surface area contributed by atoms with Gasteiger partial charge < -0.3 is 0 Å². The van der Waals surface area contributed by atoms with E-state index < -0.39 is 0 Å². The molecule has 3 aromatic rings. The van der Waals surface area contributed by atoms with Crippen molar-refractivity contribution in [1.82, 2.24) is 9.97 Å². The maximum absolute atomic E-state index is 4.64. The van der Waals surface area contributed by atoms with Crippen molar-refractivity contribution >= 4 is 0 Å². The molecule has 0 fully saturated rings. The largest absolute Gasteiger partial charge is 0.237 e. The summed E-state index contributed by atoms with van der Waals surface area (Å²) in [6.45, 7) is 2.07. The van der Waals surface area contributed by atoms with E-state index in [4.69, 9.17) is 0 Å². The Morgan fingerprint density at radius 3 is 2.37 bits per heavy atom. The highest BCUT2D eigenvalue weighted by molar-refractivity contribution is 5.63. The minimum absolute atomic E-state index is 0.769. The van der Waals surface area contributed by atoms with Crippen molar-refractivity contribution in [3.63, 3.8) is 0 Å². The van der Waals surface area contributed by atoms with E-state index in [1.54, 1.807) is 0 Å². The lowest BCUT2D eigenvalue weighted by Gasteiger charge is -2.04. The van der Waals surface area contributed by atoms with Crippen molar-refractivity contribution in [2.75, 3.05) is 0 Å². The van der Waals surface area contributed by atoms with Gasteiger partial charge in [-0.1, -0.05) is 54.1 Å². The zero-order chi connectivity index (χ0) is 13.1. The Morgan fingerprint density at radius 2 is 1.58 bits per heavy atom. The van der Waals surface area contributed by atoms with Crippen LogP contribution in [0, 0.1) is 6.92 Å². The van der Waals surface area contributed by atoms with E-state index in [2.05, 4.69) is 41.2 Å². The van der Waals surface area contributed by atoms with Crippen LogP contribution in [0.1, 0.15) is 5.56 Å². The third kappa shape index (κ3) is 2.52. The molecule has 0 aliphatic heterocycles. The van der Waals surface area contributed by atoms with Gasteiger partial charge in [-0.05, 0) is 19.1 Å². The van der Waals surface area contributed by atoms with E-state index in [9.17, 15) is 0 Å². The van der Waals surface area contributed by atoms with E-state index in [0.717, 1.165) is 22.6 Å². The first kappa shape index (κ1) is 11.6. The molecule has 92 valence electrons. The monoisotopic (exact) mass is 246 g/mol. The summed E-state index contributed by atoms with van der Waals surface area (Å²) < 4.78 is 0. The van der Waals surface area contributed by atoms with Crippen LogP contribution in [0.5, 0.6) is 0 Å². The summed E-state index contributed by atoms with van der Waals surface area (Å²) in [5.41, 5.74) is 4.33. The Kier molecular flexibility index (Phi) is 3.07. The standard InChI is InChI=1S/C17H14N2/c1-13-6-5-9-15(12-13)17-18-11-10-16(19-17)14-7-3-2-4-8-14/h2-12H,1H3. The summed E-state index contributed by atoms with van der Waals surface area (Å²) >= 11 is 0. The first-order valence-electron chi connectivity index (χ1n) is 6.28. The highest BCUT2D eigenvalue weighted by atomic mass is 14.9. The maximum Gasteiger partial charge on any atom is 0.159 e. The first-order chi connectivity index (χ1) is 9.33. The quantitative estimate of drug-likeness (QED) is 0.679. The van der Waals surface area contributed by atoms with Crippen LogP contribution < -0.4 is 0 Å². The van der Waals surface area contributed by atoms with Crippen molar-refractivity contribution < 1.29 is 0 Å². The predicted molar refractivity (Wildman–Crippen MR) is 77.6 cm³/mol. The summed E-state index contributed by atoms with van der Waals surface area (Å²) in [5, 5.41) is 0. The molecule has 0 spiro atoms. The lowest BCUT2D eigenvalue weighted by molar-refractivity contribution is 1.18. The molecule has 0 aliphatic carbocycles. The number of rotatable bonds is 2. The number of benzene rings is 2. The molecule has 0 atom stereocenters. The first-order valence-corrected chi connectivity index (χ1v) is 6.28. The molecular weight excluding hydrogens is 232 g/mol. The fourth-order valence-electron chi connectivity index (χ4n) is 2.05. The Balaban J connectivity index is 2.06. The average Bonchev–Trinajstić information content (AvgIpc) is 2.48. The number of aryl methyl sites for hydroxylation is 1. The van der Waals surface area contributed by atoms with Crippen LogP contribution in [0.25, 0.3) is 22.6 Å². The fraction of sp³-hybridized carbons (Fsp3) is 0.0588. The van der Waals surface area contributed by atoms with Crippen molar-refractivity contribution in [2.45, 2.75) is 6.92 Å². The van der Waals surface area contributed by atoms with E-state index in [1.165, 1.54) is 5.56 Å². The molecule has 2 aromatic carbocycles. The number of nitrogens with zero attached hydrogens (tertiary/aromatic N) is 2. The smallest absolute Gasteiger partial charge is 0.159 e. The minimum Gasteiger partial charge on any atom is -0.237 e. The van der Waals surface area contributed by atoms with Gasteiger partial charge in [0.05, 0.1) is 5.69 Å². The molecule has 1 heterocycles. The minimum atomic E-state index is 0.769. The second kappa shape index (κ2) is 5.02. The van der Waals surface area contributed by atoms with Crippen molar-refractivity contribution in [3.8, 4) is 22.6 Å². The van der Waals surface area contributed by atoms with Gasteiger partial charge in [-0.3, -0.25) is 0 Å². The van der Waals surface area contributed by atoms with Crippen molar-refractivity contribution in [2.24, 2.45) is 0 Å². The zero-order valence-electron chi connectivity index (χ0n) is 10.7. The molecule has 0 amide bonds. The van der Waals surface area contributed by atoms with Crippen LogP contribution in [-0.4, -0.2) is 9.97 Å². The molecule has 0 bridgehead atoms. The molecule has 0 N–H and O–H groups in total. The van der Waals surface area contributed by atoms with Gasteiger partial charge in [0.15, 0.2) is 5.82 Å². The molecule has 0 saturated carbocycles. The second-order valence-corrected chi connectivity index (χ2v) is 4.50. The number of aromatic nitrogens is 2. The van der Waals surface area contributed by atoms with Gasteiger partial charge in [0.25, 0.3) is 0 Å². The Hall–Kier alpha value is -2.48. The van der Waals surface area contributed by atoms with Gasteiger partial charge in [0, 0.05) is 17.3 Å². The van der Waals surface area contributed by atoms with E-state index in [1.807, 2.05) is 42.6 Å². The van der Waals surface area contributed by atoms with Crippen molar-refractivity contribution in [1.29, 1.82) is 0 Å². The third-order valence-corrected chi connectivity index (χ3v) is 3.00. The fourth-order valence-corrected chi connectivity index (χ4v) is 2.05. The number of hydrogen-bond donors (Lipinski definition) is 0. The maximum atomic E-state index is 4.64. The summed E-state index contributed by atoms with van der Waals surface area (Å²) in [5.74, 6) is 0.769. The molecule has 2 nitrogen and oxygen atoms in total. The van der Waals surface area contributed by atoms with Gasteiger partial charge >= 0.3 is 0 Å². The molecule has 19 heavy (non-hydrogen) atoms. The normalized spacial score (nSPS) is 10.4. The van der Waals surface area contributed by atoms with Gasteiger partial charge in [-0.25, -0.2) is 9.97 Å². The molecule has 1 aromatic heterocycles. The highest BCUT2D eigenvalue weighted by Crippen LogP contribution is 2.21. The predicted octanol–water partition coefficient (Wildman–Crippen LogP) is 4.12. The average molecular weight is 246 g/mol. The third-order valence-electron chi connectivity index (χ3n) is 3.00. The van der Waals surface area contributed by atoms with Crippen LogP contribution in [0.3, 0.4) is 0 Å². The SMILES string of the molecule is Cc1cccc(-c2nccc(-c3ccccc3)n2)c1. The van der Waals surface area contributed by atoms with Gasteiger partial charge in [0.2, 0.25) is 0 Å². The van der Waals surface area contributed by atoms with Crippen LogP contribution in [-0.2, 0) is 0 Å². The molecule has 2 heteroatoms. The summed E-state index contributed by atoms with van der Waals surface area (Å²) in [4.78, 5) is 9.01. The Morgan fingerprint density at radius 1 is 0.789 bits per heavy atom. The molecular formula is C17H14N2. The Bertz CT molecular complexity index is 690. The van der Waals surface area contributed by atoms with Crippen LogP contribution in [0.2, 0.25) is 0 Å². The number of hydrogen-bond acceptors (Lipinski definition) is 2. The Labute approximate surface area is 112 Å². The molecule has 0 radical (unpaired) electrons. The zero-order valence-corrected chi connectivity index (χ0v) is 10.7. The van der Waals surface area contributed by atoms with Gasteiger partial charge in [0.1, 0.15) is 0 Å². The lowest BCUT2D eigenvalue weighted by Crippen LogP contribution is -1.91. The summed E-state index contributed by atoms with van der Waals surface area (Å²) in [6, 6.07) is 20.3. The molecule has 0 unspecified atom stereocenters. The van der Waals surface area contributed by atoms with Gasteiger partial charge in [-0.2, -0.15) is 0 Å². The van der Waals surface area contributed by atoms with Gasteiger partial charge in [-0.15, -0.1) is 0 Å². The van der Waals surface area contributed by atoms with E-state index >= 15 is 0 Å². The lowest BCUT2D eigenvalue weighted by atomic mass is 10.1. The van der Waals surface area contributed by atoms with E-state index in [-0.39, 0.29) is 0 Å². The van der Waals surface area contributed by atoms with Crippen LogP contribution >= 0.6 is 0 Å².